The molecule has 20 heavy (non-hydrogen) atoms. The van der Waals surface area contributed by atoms with Crippen LogP contribution in [0.1, 0.15) is 11.1 Å². The molecular formula is C16H18O4. The highest BCUT2D eigenvalue weighted by Crippen LogP contribution is 2.17. The molecule has 2 N–H and O–H groups in total. The zero-order chi connectivity index (χ0) is 14.2. The van der Waals surface area contributed by atoms with Crippen LogP contribution in [0.4, 0.5) is 0 Å². The first-order chi connectivity index (χ1) is 9.81. The van der Waals surface area contributed by atoms with Gasteiger partial charge in [-0.1, -0.05) is 24.3 Å². The second-order valence-corrected chi connectivity index (χ2v) is 4.40. The van der Waals surface area contributed by atoms with Crippen molar-refractivity contribution in [2.24, 2.45) is 0 Å². The molecule has 4 nitrogen and oxygen atoms in total. The quantitative estimate of drug-likeness (QED) is 0.600. The van der Waals surface area contributed by atoms with Gasteiger partial charge in [0.05, 0.1) is 0 Å². The molecule has 2 aromatic rings. The molecule has 0 aliphatic heterocycles. The first-order valence-electron chi connectivity index (χ1n) is 6.56. The molecular weight excluding hydrogens is 256 g/mol. The monoisotopic (exact) mass is 274 g/mol. The van der Waals surface area contributed by atoms with Crippen LogP contribution >= 0.6 is 0 Å². The number of aliphatic hydroxyl groups is 2. The first kappa shape index (κ1) is 14.4. The molecule has 0 amide bonds. The Bertz CT molecular complexity index is 456. The lowest BCUT2D eigenvalue weighted by Crippen LogP contribution is -2.01. The number of benzene rings is 2. The van der Waals surface area contributed by atoms with Crippen LogP contribution in [0.15, 0.2) is 48.5 Å². The second kappa shape index (κ2) is 7.53. The van der Waals surface area contributed by atoms with Gasteiger partial charge in [0.15, 0.2) is 11.5 Å². The molecule has 0 aliphatic rings. The minimum absolute atomic E-state index is 0.136. The molecule has 0 saturated heterocycles. The summed E-state index contributed by atoms with van der Waals surface area (Å²) in [4.78, 5) is 10.4. The minimum Gasteiger partial charge on any atom is -0.396 e. The van der Waals surface area contributed by atoms with Crippen molar-refractivity contribution in [3.63, 3.8) is 0 Å². The van der Waals surface area contributed by atoms with Gasteiger partial charge in [0.25, 0.3) is 0 Å². The van der Waals surface area contributed by atoms with E-state index in [1.54, 1.807) is 24.3 Å². The normalized spacial score (nSPS) is 10.3. The van der Waals surface area contributed by atoms with E-state index in [1.165, 1.54) is 0 Å². The van der Waals surface area contributed by atoms with E-state index < -0.39 is 0 Å². The van der Waals surface area contributed by atoms with Gasteiger partial charge in [-0.25, -0.2) is 0 Å². The van der Waals surface area contributed by atoms with E-state index in [9.17, 15) is 0 Å². The van der Waals surface area contributed by atoms with Gasteiger partial charge in [0, 0.05) is 13.2 Å². The molecule has 106 valence electrons. The summed E-state index contributed by atoms with van der Waals surface area (Å²) in [6.45, 7) is 0.272. The number of hydrogen-bond donors (Lipinski definition) is 2. The molecule has 2 rings (SSSR count). The van der Waals surface area contributed by atoms with Crippen molar-refractivity contribution >= 4 is 0 Å². The maximum Gasteiger partial charge on any atom is 0.178 e. The van der Waals surface area contributed by atoms with Gasteiger partial charge in [0.1, 0.15) is 0 Å². The Balaban J connectivity index is 1.87. The van der Waals surface area contributed by atoms with Gasteiger partial charge in [-0.15, -0.1) is 0 Å². The van der Waals surface area contributed by atoms with Crippen LogP contribution in [0.3, 0.4) is 0 Å². The highest BCUT2D eigenvalue weighted by atomic mass is 17.2. The van der Waals surface area contributed by atoms with Crippen LogP contribution < -0.4 is 9.78 Å². The Labute approximate surface area is 118 Å². The lowest BCUT2D eigenvalue weighted by atomic mass is 10.1. The zero-order valence-electron chi connectivity index (χ0n) is 11.2. The van der Waals surface area contributed by atoms with E-state index in [0.717, 1.165) is 11.1 Å². The van der Waals surface area contributed by atoms with Crippen LogP contribution in [0, 0.1) is 0 Å². The van der Waals surface area contributed by atoms with E-state index in [2.05, 4.69) is 0 Å². The van der Waals surface area contributed by atoms with E-state index in [0.29, 0.717) is 24.3 Å². The third-order valence-corrected chi connectivity index (χ3v) is 2.88. The van der Waals surface area contributed by atoms with Crippen molar-refractivity contribution in [2.75, 3.05) is 13.2 Å². The topological polar surface area (TPSA) is 58.9 Å². The summed E-state index contributed by atoms with van der Waals surface area (Å²) < 4.78 is 0. The zero-order valence-corrected chi connectivity index (χ0v) is 11.2. The maximum atomic E-state index is 8.83. The highest BCUT2D eigenvalue weighted by Gasteiger charge is 1.99. The minimum atomic E-state index is 0.136. The Morgan fingerprint density at radius 3 is 1.25 bits per heavy atom. The van der Waals surface area contributed by atoms with Crippen molar-refractivity contribution in [1.82, 2.24) is 0 Å². The van der Waals surface area contributed by atoms with E-state index in [4.69, 9.17) is 20.0 Å². The van der Waals surface area contributed by atoms with Crippen molar-refractivity contribution in [1.29, 1.82) is 0 Å². The summed E-state index contributed by atoms with van der Waals surface area (Å²) in [6, 6.07) is 14.7. The number of aliphatic hydroxyl groups excluding tert-OH is 2. The van der Waals surface area contributed by atoms with Gasteiger partial charge >= 0.3 is 0 Å². The third kappa shape index (κ3) is 4.26. The first-order valence-corrected chi connectivity index (χ1v) is 6.56. The van der Waals surface area contributed by atoms with E-state index >= 15 is 0 Å². The van der Waals surface area contributed by atoms with E-state index in [1.807, 2.05) is 24.3 Å². The molecule has 0 saturated carbocycles. The Kier molecular flexibility index (Phi) is 5.41. The molecule has 0 aliphatic carbocycles. The van der Waals surface area contributed by atoms with Crippen molar-refractivity contribution in [3.8, 4) is 11.5 Å². The standard InChI is InChI=1S/C16H18O4/c17-11-9-13-1-5-15(6-2-13)19-20-16-7-3-14(4-8-16)10-12-18/h1-8,17-18H,9-12H2. The highest BCUT2D eigenvalue weighted by molar-refractivity contribution is 5.29. The lowest BCUT2D eigenvalue weighted by Gasteiger charge is -2.07. The summed E-state index contributed by atoms with van der Waals surface area (Å²) in [5, 5.41) is 17.7. The van der Waals surface area contributed by atoms with Crippen LogP contribution in [0.5, 0.6) is 11.5 Å². The molecule has 4 heteroatoms. The lowest BCUT2D eigenvalue weighted by molar-refractivity contribution is -0.0999. The average Bonchev–Trinajstić information content (AvgIpc) is 2.49. The number of rotatable bonds is 7. The molecule has 0 fully saturated rings. The fraction of sp³-hybridized carbons (Fsp3) is 0.250. The number of hydrogen-bond acceptors (Lipinski definition) is 4. The summed E-state index contributed by atoms with van der Waals surface area (Å²) in [7, 11) is 0. The largest absolute Gasteiger partial charge is 0.396 e. The Hall–Kier alpha value is -2.04. The Morgan fingerprint density at radius 2 is 0.950 bits per heavy atom. The van der Waals surface area contributed by atoms with Gasteiger partial charge in [-0.3, -0.25) is 9.78 Å². The van der Waals surface area contributed by atoms with Crippen molar-refractivity contribution < 1.29 is 20.0 Å². The molecule has 0 heterocycles. The molecule has 0 aromatic heterocycles. The predicted molar refractivity (Wildman–Crippen MR) is 75.7 cm³/mol. The second-order valence-electron chi connectivity index (χ2n) is 4.40. The fourth-order valence-corrected chi connectivity index (χ4v) is 1.78. The molecule has 0 radical (unpaired) electrons. The van der Waals surface area contributed by atoms with Crippen LogP contribution in [-0.2, 0) is 12.8 Å². The molecule has 0 atom stereocenters. The van der Waals surface area contributed by atoms with Crippen molar-refractivity contribution in [2.45, 2.75) is 12.8 Å². The fourth-order valence-electron chi connectivity index (χ4n) is 1.78. The van der Waals surface area contributed by atoms with Gasteiger partial charge in [-0.05, 0) is 48.2 Å². The third-order valence-electron chi connectivity index (χ3n) is 2.88. The van der Waals surface area contributed by atoms with Crippen LogP contribution in [0.2, 0.25) is 0 Å². The summed E-state index contributed by atoms with van der Waals surface area (Å²) in [5.74, 6) is 1.21. The van der Waals surface area contributed by atoms with Gasteiger partial charge in [-0.2, -0.15) is 0 Å². The summed E-state index contributed by atoms with van der Waals surface area (Å²) in [6.07, 6.45) is 1.26. The smallest absolute Gasteiger partial charge is 0.178 e. The molecule has 0 unspecified atom stereocenters. The summed E-state index contributed by atoms with van der Waals surface area (Å²) >= 11 is 0. The van der Waals surface area contributed by atoms with Crippen LogP contribution in [0.25, 0.3) is 0 Å². The summed E-state index contributed by atoms with van der Waals surface area (Å²) in [5.41, 5.74) is 2.10. The van der Waals surface area contributed by atoms with Gasteiger partial charge < -0.3 is 10.2 Å². The maximum absolute atomic E-state index is 8.83. The SMILES string of the molecule is OCCc1ccc(OOc2ccc(CCO)cc2)cc1. The van der Waals surface area contributed by atoms with Gasteiger partial charge in [0.2, 0.25) is 0 Å². The molecule has 0 bridgehead atoms. The Morgan fingerprint density at radius 1 is 0.600 bits per heavy atom. The van der Waals surface area contributed by atoms with Crippen LogP contribution in [-0.4, -0.2) is 23.4 Å². The average molecular weight is 274 g/mol. The van der Waals surface area contributed by atoms with E-state index in [-0.39, 0.29) is 13.2 Å². The van der Waals surface area contributed by atoms with Crippen molar-refractivity contribution in [3.05, 3.63) is 59.7 Å². The predicted octanol–water partition coefficient (Wildman–Crippen LogP) is 2.13. The molecule has 2 aromatic carbocycles. The molecule has 0 spiro atoms.